The zero-order chi connectivity index (χ0) is 20.3. The summed E-state index contributed by atoms with van der Waals surface area (Å²) < 4.78 is 11.7. The molecule has 1 atom stereocenters. The highest BCUT2D eigenvalue weighted by Crippen LogP contribution is 2.11. The van der Waals surface area contributed by atoms with E-state index in [1.54, 1.807) is 19.2 Å². The van der Waals surface area contributed by atoms with Crippen molar-refractivity contribution in [2.75, 3.05) is 7.11 Å². The molecule has 28 heavy (non-hydrogen) atoms. The van der Waals surface area contributed by atoms with Crippen LogP contribution in [0, 0.1) is 13.8 Å². The summed E-state index contributed by atoms with van der Waals surface area (Å²) in [6.07, 6.45) is -0.992. The molecular formula is C19H21N5O4. The Morgan fingerprint density at radius 3 is 2.57 bits per heavy atom. The van der Waals surface area contributed by atoms with Gasteiger partial charge in [0.2, 0.25) is 0 Å². The topological polar surface area (TPSA) is 108 Å². The normalized spacial score (nSPS) is 11.9. The first-order chi connectivity index (χ1) is 13.4. The summed E-state index contributed by atoms with van der Waals surface area (Å²) in [5.41, 5.74) is 2.45. The third kappa shape index (κ3) is 4.25. The van der Waals surface area contributed by atoms with Gasteiger partial charge >= 0.3 is 5.97 Å². The number of aryl methyl sites for hydroxylation is 2. The van der Waals surface area contributed by atoms with Gasteiger partial charge in [0, 0.05) is 17.9 Å². The standard InChI is InChI=1S/C19H21N5O4/c1-11-9-12(2)24-19(21-11)22-16(23-24)18(26)28-13(3)17(25)20-10-14-5-7-15(27-4)8-6-14/h5-9,13H,10H2,1-4H3,(H,20,25)/t13-/m0/s1. The number of hydrogen-bond acceptors (Lipinski definition) is 7. The fourth-order valence-electron chi connectivity index (χ4n) is 2.60. The van der Waals surface area contributed by atoms with Gasteiger partial charge in [0.15, 0.2) is 6.10 Å². The predicted molar refractivity (Wildman–Crippen MR) is 100.0 cm³/mol. The number of fused-ring (bicyclic) bond motifs is 1. The van der Waals surface area contributed by atoms with Crippen LogP contribution < -0.4 is 10.1 Å². The summed E-state index contributed by atoms with van der Waals surface area (Å²) in [6.45, 7) is 5.46. The van der Waals surface area contributed by atoms with E-state index in [-0.39, 0.29) is 5.82 Å². The summed E-state index contributed by atoms with van der Waals surface area (Å²) in [6, 6.07) is 9.11. The number of nitrogens with zero attached hydrogens (tertiary/aromatic N) is 4. The molecule has 9 heteroatoms. The molecule has 2 aromatic heterocycles. The van der Waals surface area contributed by atoms with E-state index in [1.807, 2.05) is 32.0 Å². The molecule has 3 rings (SSSR count). The Hall–Kier alpha value is -3.49. The van der Waals surface area contributed by atoms with E-state index in [1.165, 1.54) is 11.4 Å². The molecule has 0 saturated carbocycles. The Balaban J connectivity index is 1.60. The number of methoxy groups -OCH3 is 1. The van der Waals surface area contributed by atoms with Gasteiger partial charge < -0.3 is 14.8 Å². The van der Waals surface area contributed by atoms with Gasteiger partial charge in [-0.15, -0.1) is 5.10 Å². The van der Waals surface area contributed by atoms with Crippen molar-refractivity contribution >= 4 is 17.7 Å². The van der Waals surface area contributed by atoms with Crippen LogP contribution in [0.4, 0.5) is 0 Å². The molecule has 0 radical (unpaired) electrons. The Kier molecular flexibility index (Phi) is 5.53. The molecule has 0 bridgehead atoms. The van der Waals surface area contributed by atoms with E-state index in [2.05, 4.69) is 20.4 Å². The molecule has 146 valence electrons. The second-order valence-electron chi connectivity index (χ2n) is 6.30. The number of amides is 1. The number of nitrogens with one attached hydrogen (secondary N) is 1. The third-order valence-corrected chi connectivity index (χ3v) is 4.08. The van der Waals surface area contributed by atoms with E-state index in [9.17, 15) is 9.59 Å². The third-order valence-electron chi connectivity index (χ3n) is 4.08. The van der Waals surface area contributed by atoms with Crippen LogP contribution in [0.3, 0.4) is 0 Å². The molecular weight excluding hydrogens is 362 g/mol. The molecule has 0 aliphatic heterocycles. The molecule has 0 aliphatic carbocycles. The zero-order valence-corrected chi connectivity index (χ0v) is 16.1. The lowest BCUT2D eigenvalue weighted by Gasteiger charge is -2.12. The minimum atomic E-state index is -0.992. The fourth-order valence-corrected chi connectivity index (χ4v) is 2.60. The lowest BCUT2D eigenvalue weighted by molar-refractivity contribution is -0.129. The van der Waals surface area contributed by atoms with E-state index in [0.717, 1.165) is 22.7 Å². The van der Waals surface area contributed by atoms with Gasteiger partial charge in [-0.05, 0) is 44.5 Å². The van der Waals surface area contributed by atoms with E-state index in [0.29, 0.717) is 12.3 Å². The van der Waals surface area contributed by atoms with Gasteiger partial charge in [-0.25, -0.2) is 14.3 Å². The second kappa shape index (κ2) is 8.03. The van der Waals surface area contributed by atoms with Crippen LogP contribution in [0.5, 0.6) is 5.75 Å². The average Bonchev–Trinajstić information content (AvgIpc) is 3.11. The van der Waals surface area contributed by atoms with Crippen molar-refractivity contribution in [3.8, 4) is 5.75 Å². The van der Waals surface area contributed by atoms with Crippen LogP contribution in [0.1, 0.15) is 34.5 Å². The minimum absolute atomic E-state index is 0.143. The summed E-state index contributed by atoms with van der Waals surface area (Å²) in [5, 5.41) is 6.82. The van der Waals surface area contributed by atoms with E-state index >= 15 is 0 Å². The van der Waals surface area contributed by atoms with Crippen molar-refractivity contribution in [3.63, 3.8) is 0 Å². The van der Waals surface area contributed by atoms with Gasteiger partial charge in [-0.3, -0.25) is 4.79 Å². The maximum atomic E-state index is 12.3. The number of carbonyl (C=O) groups excluding carboxylic acids is 2. The largest absolute Gasteiger partial charge is 0.497 e. The first kappa shape index (κ1) is 19.3. The Morgan fingerprint density at radius 1 is 1.18 bits per heavy atom. The average molecular weight is 383 g/mol. The van der Waals surface area contributed by atoms with Gasteiger partial charge in [0.25, 0.3) is 17.5 Å². The van der Waals surface area contributed by atoms with Gasteiger partial charge in [0.1, 0.15) is 5.75 Å². The summed E-state index contributed by atoms with van der Waals surface area (Å²) in [7, 11) is 1.59. The number of esters is 1. The lowest BCUT2D eigenvalue weighted by atomic mass is 10.2. The molecule has 1 N–H and O–H groups in total. The number of carbonyl (C=O) groups is 2. The lowest BCUT2D eigenvalue weighted by Crippen LogP contribution is -2.35. The first-order valence-corrected chi connectivity index (χ1v) is 8.70. The van der Waals surface area contributed by atoms with Crippen molar-refractivity contribution in [2.24, 2.45) is 0 Å². The minimum Gasteiger partial charge on any atom is -0.497 e. The van der Waals surface area contributed by atoms with Crippen molar-refractivity contribution < 1.29 is 19.1 Å². The van der Waals surface area contributed by atoms with Gasteiger partial charge in [-0.1, -0.05) is 12.1 Å². The van der Waals surface area contributed by atoms with Crippen molar-refractivity contribution in [1.82, 2.24) is 24.9 Å². The molecule has 0 unspecified atom stereocenters. The fraction of sp³-hybridized carbons (Fsp3) is 0.316. The van der Waals surface area contributed by atoms with E-state index < -0.39 is 18.0 Å². The van der Waals surface area contributed by atoms with Crippen LogP contribution in [0.2, 0.25) is 0 Å². The molecule has 1 amide bonds. The molecule has 3 aromatic rings. The highest BCUT2D eigenvalue weighted by Gasteiger charge is 2.22. The Bertz CT molecular complexity index is 1010. The number of hydrogen-bond donors (Lipinski definition) is 1. The molecule has 0 aliphatic rings. The molecule has 0 spiro atoms. The highest BCUT2D eigenvalue weighted by atomic mass is 16.5. The maximum absolute atomic E-state index is 12.3. The van der Waals surface area contributed by atoms with Crippen molar-refractivity contribution in [3.05, 3.63) is 53.1 Å². The number of benzene rings is 1. The first-order valence-electron chi connectivity index (χ1n) is 8.70. The highest BCUT2D eigenvalue weighted by molar-refractivity contribution is 5.89. The summed E-state index contributed by atoms with van der Waals surface area (Å²) in [5.74, 6) is -0.304. The maximum Gasteiger partial charge on any atom is 0.379 e. The molecule has 0 saturated heterocycles. The van der Waals surface area contributed by atoms with Crippen LogP contribution in [-0.4, -0.2) is 44.7 Å². The van der Waals surface area contributed by atoms with Gasteiger partial charge in [0.05, 0.1) is 7.11 Å². The summed E-state index contributed by atoms with van der Waals surface area (Å²) in [4.78, 5) is 32.8. The van der Waals surface area contributed by atoms with Crippen LogP contribution in [0.15, 0.2) is 30.3 Å². The van der Waals surface area contributed by atoms with Gasteiger partial charge in [-0.2, -0.15) is 4.98 Å². The second-order valence-corrected chi connectivity index (χ2v) is 6.30. The molecule has 2 heterocycles. The molecule has 0 fully saturated rings. The summed E-state index contributed by atoms with van der Waals surface area (Å²) >= 11 is 0. The molecule has 1 aromatic carbocycles. The predicted octanol–water partition coefficient (Wildman–Crippen LogP) is 1.61. The molecule has 9 nitrogen and oxygen atoms in total. The SMILES string of the molecule is COc1ccc(CNC(=O)[C@H](C)OC(=O)c2nc3nc(C)cc(C)n3n2)cc1. The Labute approximate surface area is 161 Å². The zero-order valence-electron chi connectivity index (χ0n) is 16.1. The van der Waals surface area contributed by atoms with Crippen molar-refractivity contribution in [1.29, 1.82) is 0 Å². The van der Waals surface area contributed by atoms with Crippen LogP contribution in [0.25, 0.3) is 5.78 Å². The van der Waals surface area contributed by atoms with Crippen molar-refractivity contribution in [2.45, 2.75) is 33.4 Å². The van der Waals surface area contributed by atoms with E-state index in [4.69, 9.17) is 9.47 Å². The number of rotatable bonds is 6. The number of ether oxygens (including phenoxy) is 2. The smallest absolute Gasteiger partial charge is 0.379 e. The Morgan fingerprint density at radius 2 is 1.89 bits per heavy atom. The van der Waals surface area contributed by atoms with Crippen LogP contribution >= 0.6 is 0 Å². The number of aromatic nitrogens is 4. The monoisotopic (exact) mass is 383 g/mol. The van der Waals surface area contributed by atoms with Crippen LogP contribution in [-0.2, 0) is 16.1 Å². The quantitative estimate of drug-likeness (QED) is 0.644.